The predicted molar refractivity (Wildman–Crippen MR) is 61.4 cm³/mol. The van der Waals surface area contributed by atoms with Crippen LogP contribution in [0.4, 0.5) is 5.82 Å². The van der Waals surface area contributed by atoms with Gasteiger partial charge in [-0.2, -0.15) is 0 Å². The lowest BCUT2D eigenvalue weighted by atomic mass is 10.4. The number of aromatic amines is 2. The minimum absolute atomic E-state index is 0.152. The summed E-state index contributed by atoms with van der Waals surface area (Å²) in [5.41, 5.74) is -1.15. The van der Waals surface area contributed by atoms with Crippen LogP contribution in [0.2, 0.25) is 0 Å². The number of hydrogen-bond donors (Lipinski definition) is 2. The molecule has 0 aromatic carbocycles. The van der Waals surface area contributed by atoms with Gasteiger partial charge in [0, 0.05) is 27.3 Å². The Kier molecular flexibility index (Phi) is 5.37. The van der Waals surface area contributed by atoms with E-state index in [0.717, 1.165) is 0 Å². The van der Waals surface area contributed by atoms with Gasteiger partial charge >= 0.3 is 5.69 Å². The Balaban J connectivity index is 2.86. The van der Waals surface area contributed by atoms with Crippen molar-refractivity contribution in [2.24, 2.45) is 0 Å². The average molecular weight is 244 g/mol. The molecule has 0 aliphatic carbocycles. The van der Waals surface area contributed by atoms with Gasteiger partial charge < -0.3 is 14.4 Å². The first-order valence-electron chi connectivity index (χ1n) is 5.11. The molecule has 2 N–H and O–H groups in total. The summed E-state index contributed by atoms with van der Waals surface area (Å²) in [5, 5.41) is 5.91. The normalized spacial score (nSPS) is 10.5. The number of ether oxygens (including phenoxy) is 2. The van der Waals surface area contributed by atoms with Gasteiger partial charge in [0.1, 0.15) is 0 Å². The van der Waals surface area contributed by atoms with E-state index < -0.39 is 11.2 Å². The molecule has 0 aliphatic rings. The fraction of sp³-hybridized carbons (Fsp3) is 0.667. The van der Waals surface area contributed by atoms with Crippen molar-refractivity contribution in [1.82, 2.24) is 15.2 Å². The molecule has 1 aromatic rings. The number of nitrogens with zero attached hydrogens (tertiary/aromatic N) is 2. The summed E-state index contributed by atoms with van der Waals surface area (Å²) in [6, 6.07) is 0. The van der Waals surface area contributed by atoms with Crippen LogP contribution in [0.15, 0.2) is 9.59 Å². The first-order chi connectivity index (χ1) is 8.19. The first kappa shape index (κ1) is 13.4. The lowest BCUT2D eigenvalue weighted by molar-refractivity contribution is 0.189. The van der Waals surface area contributed by atoms with E-state index in [-0.39, 0.29) is 5.82 Å². The highest BCUT2D eigenvalue weighted by molar-refractivity contribution is 5.33. The molecule has 0 amide bonds. The topological polar surface area (TPSA) is 100 Å². The van der Waals surface area contributed by atoms with Gasteiger partial charge in [-0.15, -0.1) is 5.10 Å². The summed E-state index contributed by atoms with van der Waals surface area (Å²) in [5.74, 6) is 0.152. The monoisotopic (exact) mass is 244 g/mol. The number of hydrogen-bond acceptors (Lipinski definition) is 6. The van der Waals surface area contributed by atoms with Crippen molar-refractivity contribution in [3.63, 3.8) is 0 Å². The SMILES string of the molecule is COCCN(CCOC)c1n[nH]c(=O)[nH]c1=O. The maximum Gasteiger partial charge on any atom is 0.342 e. The van der Waals surface area contributed by atoms with Crippen LogP contribution in [-0.2, 0) is 9.47 Å². The zero-order valence-electron chi connectivity index (χ0n) is 9.86. The second-order valence-corrected chi connectivity index (χ2v) is 3.30. The largest absolute Gasteiger partial charge is 0.383 e. The van der Waals surface area contributed by atoms with Crippen molar-refractivity contribution < 1.29 is 9.47 Å². The van der Waals surface area contributed by atoms with Gasteiger partial charge in [0.15, 0.2) is 0 Å². The van der Waals surface area contributed by atoms with E-state index in [0.29, 0.717) is 26.3 Å². The molecule has 0 spiro atoms. The Labute approximate surface area is 97.6 Å². The minimum Gasteiger partial charge on any atom is -0.383 e. The molecule has 0 bridgehead atoms. The van der Waals surface area contributed by atoms with Crippen molar-refractivity contribution in [2.75, 3.05) is 45.4 Å². The molecule has 0 aliphatic heterocycles. The van der Waals surface area contributed by atoms with Crippen molar-refractivity contribution >= 4 is 5.82 Å². The Bertz CT molecular complexity index is 433. The van der Waals surface area contributed by atoms with E-state index in [1.807, 2.05) is 0 Å². The highest BCUT2D eigenvalue weighted by Gasteiger charge is 2.12. The molecule has 1 heterocycles. The lowest BCUT2D eigenvalue weighted by Gasteiger charge is -2.21. The molecule has 0 fully saturated rings. The summed E-state index contributed by atoms with van der Waals surface area (Å²) in [7, 11) is 3.14. The van der Waals surface area contributed by atoms with Gasteiger partial charge in [-0.3, -0.25) is 9.78 Å². The van der Waals surface area contributed by atoms with Crippen molar-refractivity contribution in [1.29, 1.82) is 0 Å². The fourth-order valence-electron chi connectivity index (χ4n) is 1.28. The van der Waals surface area contributed by atoms with E-state index >= 15 is 0 Å². The van der Waals surface area contributed by atoms with Gasteiger partial charge in [-0.25, -0.2) is 9.89 Å². The second-order valence-electron chi connectivity index (χ2n) is 3.30. The van der Waals surface area contributed by atoms with Gasteiger partial charge in [0.2, 0.25) is 5.82 Å². The summed E-state index contributed by atoms with van der Waals surface area (Å²) < 4.78 is 9.89. The number of rotatable bonds is 7. The molecule has 0 saturated carbocycles. The molecule has 96 valence electrons. The van der Waals surface area contributed by atoms with Crippen molar-refractivity contribution in [2.45, 2.75) is 0 Å². The molecule has 0 unspecified atom stereocenters. The molecular formula is C9H16N4O4. The molecule has 0 saturated heterocycles. The fourth-order valence-corrected chi connectivity index (χ4v) is 1.28. The average Bonchev–Trinajstić information content (AvgIpc) is 2.30. The maximum atomic E-state index is 11.5. The Hall–Kier alpha value is -1.67. The molecule has 8 heteroatoms. The molecule has 0 radical (unpaired) electrons. The number of nitrogens with one attached hydrogen (secondary N) is 2. The number of methoxy groups -OCH3 is 2. The van der Waals surface area contributed by atoms with Crippen LogP contribution in [0.25, 0.3) is 0 Å². The number of anilines is 1. The van der Waals surface area contributed by atoms with Crippen LogP contribution < -0.4 is 16.1 Å². The maximum absolute atomic E-state index is 11.5. The van der Waals surface area contributed by atoms with Gasteiger partial charge in [-0.1, -0.05) is 0 Å². The smallest absolute Gasteiger partial charge is 0.342 e. The van der Waals surface area contributed by atoms with E-state index in [1.165, 1.54) is 0 Å². The van der Waals surface area contributed by atoms with Crippen LogP contribution in [-0.4, -0.2) is 55.7 Å². The van der Waals surface area contributed by atoms with Crippen LogP contribution in [0, 0.1) is 0 Å². The summed E-state index contributed by atoms with van der Waals surface area (Å²) in [6.07, 6.45) is 0. The molecule has 17 heavy (non-hydrogen) atoms. The number of aromatic nitrogens is 3. The minimum atomic E-state index is -0.628. The third-order valence-electron chi connectivity index (χ3n) is 2.12. The third kappa shape index (κ3) is 4.00. The van der Waals surface area contributed by atoms with E-state index in [2.05, 4.69) is 15.2 Å². The molecule has 1 rings (SSSR count). The highest BCUT2D eigenvalue weighted by Crippen LogP contribution is 2.00. The summed E-state index contributed by atoms with van der Waals surface area (Å²) in [4.78, 5) is 26.2. The lowest BCUT2D eigenvalue weighted by Crippen LogP contribution is -2.38. The predicted octanol–water partition coefficient (Wildman–Crippen LogP) is -1.44. The molecule has 8 nitrogen and oxygen atoms in total. The zero-order chi connectivity index (χ0) is 12.7. The molecule has 0 atom stereocenters. The van der Waals surface area contributed by atoms with Crippen molar-refractivity contribution in [3.8, 4) is 0 Å². The Morgan fingerprint density at radius 2 is 1.76 bits per heavy atom. The standard InChI is InChI=1S/C9H16N4O4/c1-16-5-3-13(4-6-17-2)7-8(14)10-9(15)12-11-7/h3-6H2,1-2H3,(H2,10,12,14,15). The zero-order valence-corrected chi connectivity index (χ0v) is 9.86. The third-order valence-corrected chi connectivity index (χ3v) is 2.12. The van der Waals surface area contributed by atoms with Crippen LogP contribution >= 0.6 is 0 Å². The van der Waals surface area contributed by atoms with Gasteiger partial charge in [0.25, 0.3) is 5.56 Å². The summed E-state index contributed by atoms with van der Waals surface area (Å²) >= 11 is 0. The molecular weight excluding hydrogens is 228 g/mol. The van der Waals surface area contributed by atoms with E-state index in [4.69, 9.17) is 9.47 Å². The number of H-pyrrole nitrogens is 2. The van der Waals surface area contributed by atoms with Crippen LogP contribution in [0.1, 0.15) is 0 Å². The quantitative estimate of drug-likeness (QED) is 0.609. The van der Waals surface area contributed by atoms with Gasteiger partial charge in [-0.05, 0) is 0 Å². The van der Waals surface area contributed by atoms with Crippen LogP contribution in [0.3, 0.4) is 0 Å². The second kappa shape index (κ2) is 6.81. The first-order valence-corrected chi connectivity index (χ1v) is 5.11. The summed E-state index contributed by atoms with van der Waals surface area (Å²) in [6.45, 7) is 1.87. The Morgan fingerprint density at radius 1 is 1.18 bits per heavy atom. The van der Waals surface area contributed by atoms with E-state index in [1.54, 1.807) is 19.1 Å². The highest BCUT2D eigenvalue weighted by atomic mass is 16.5. The molecule has 1 aromatic heterocycles. The van der Waals surface area contributed by atoms with E-state index in [9.17, 15) is 9.59 Å². The van der Waals surface area contributed by atoms with Crippen LogP contribution in [0.5, 0.6) is 0 Å². The Morgan fingerprint density at radius 3 is 2.24 bits per heavy atom. The van der Waals surface area contributed by atoms with Gasteiger partial charge in [0.05, 0.1) is 13.2 Å². The van der Waals surface area contributed by atoms with Crippen molar-refractivity contribution in [3.05, 3.63) is 20.8 Å².